The minimum absolute atomic E-state index is 0.00727. The highest BCUT2D eigenvalue weighted by Gasteiger charge is 2.37. The van der Waals surface area contributed by atoms with Gasteiger partial charge in [-0.3, -0.25) is 14.7 Å². The number of H-pyrrole nitrogens is 1. The Kier molecular flexibility index (Phi) is 7.21. The molecule has 1 unspecified atom stereocenters. The first-order valence-corrected chi connectivity index (χ1v) is 14.4. The third kappa shape index (κ3) is 5.12. The summed E-state index contributed by atoms with van der Waals surface area (Å²) in [6.07, 6.45) is -0.159. The number of hydrogen-bond acceptors (Lipinski definition) is 6. The van der Waals surface area contributed by atoms with E-state index in [0.717, 1.165) is 22.4 Å². The Morgan fingerprint density at radius 1 is 1.07 bits per heavy atom. The highest BCUT2D eigenvalue weighted by atomic mass is 16.6. The van der Waals surface area contributed by atoms with Crippen molar-refractivity contribution in [2.24, 2.45) is 11.7 Å². The van der Waals surface area contributed by atoms with Crippen LogP contribution in [0.4, 0.5) is 15.3 Å². The fourth-order valence-corrected chi connectivity index (χ4v) is 6.30. The molecular weight excluding hydrogens is 538 g/mol. The average Bonchev–Trinajstić information content (AvgIpc) is 3.36. The van der Waals surface area contributed by atoms with E-state index >= 15 is 0 Å². The van der Waals surface area contributed by atoms with E-state index in [4.69, 9.17) is 10.5 Å². The maximum absolute atomic E-state index is 13.7. The number of carbonyl (C=O) groups is 4. The highest BCUT2D eigenvalue weighted by Crippen LogP contribution is 2.31. The maximum atomic E-state index is 13.7. The van der Waals surface area contributed by atoms with Gasteiger partial charge in [0.25, 0.3) is 11.8 Å². The van der Waals surface area contributed by atoms with Crippen LogP contribution in [0.25, 0.3) is 10.9 Å². The first-order chi connectivity index (χ1) is 20.2. The molecule has 4 N–H and O–H groups in total. The number of nitrogens with one attached hydrogen (secondary N) is 2. The first kappa shape index (κ1) is 27.6. The zero-order valence-corrected chi connectivity index (χ0v) is 23.8. The summed E-state index contributed by atoms with van der Waals surface area (Å²) in [4.78, 5) is 57.1. The smallest absolute Gasteiger partial charge is 0.410 e. The fourth-order valence-electron chi connectivity index (χ4n) is 6.30. The fraction of sp³-hybridized carbons (Fsp3) is 0.433. The second-order valence-corrected chi connectivity index (χ2v) is 11.7. The number of aromatic amines is 1. The molecule has 42 heavy (non-hydrogen) atoms. The summed E-state index contributed by atoms with van der Waals surface area (Å²) in [7, 11) is 0. The molecule has 0 aliphatic carbocycles. The molecule has 2 aromatic carbocycles. The number of anilines is 1. The van der Waals surface area contributed by atoms with Gasteiger partial charge in [-0.2, -0.15) is 5.10 Å². The minimum atomic E-state index is -1.01. The second kappa shape index (κ2) is 11.0. The van der Waals surface area contributed by atoms with Crippen molar-refractivity contribution in [2.45, 2.75) is 58.3 Å². The number of ether oxygens (including phenoxy) is 1. The number of nitrogens with two attached hydrogens (primary N) is 1. The molecule has 1 fully saturated rings. The minimum Gasteiger partial charge on any atom is -0.436 e. The van der Waals surface area contributed by atoms with E-state index < -0.39 is 18.1 Å². The third-order valence-electron chi connectivity index (χ3n) is 8.36. The zero-order valence-electron chi connectivity index (χ0n) is 23.8. The van der Waals surface area contributed by atoms with Crippen molar-refractivity contribution in [3.05, 3.63) is 58.8 Å². The number of fused-ring (bicyclic) bond motifs is 4. The molecule has 220 valence electrons. The van der Waals surface area contributed by atoms with E-state index in [-0.39, 0.29) is 42.6 Å². The van der Waals surface area contributed by atoms with E-state index in [1.165, 1.54) is 0 Å². The van der Waals surface area contributed by atoms with Gasteiger partial charge in [0, 0.05) is 56.3 Å². The van der Waals surface area contributed by atoms with Crippen LogP contribution in [0.3, 0.4) is 0 Å². The number of piperidine rings is 1. The van der Waals surface area contributed by atoms with Crippen LogP contribution in [-0.4, -0.2) is 80.6 Å². The molecule has 1 saturated heterocycles. The molecule has 3 aliphatic heterocycles. The number of nitrogens with zero attached hydrogens (tertiary/aromatic N) is 4. The number of aromatic nitrogens is 2. The van der Waals surface area contributed by atoms with Crippen molar-refractivity contribution in [3.63, 3.8) is 0 Å². The van der Waals surface area contributed by atoms with Gasteiger partial charge < -0.3 is 30.5 Å². The van der Waals surface area contributed by atoms with Gasteiger partial charge in [-0.05, 0) is 47.6 Å². The lowest BCUT2D eigenvalue weighted by atomic mass is 9.98. The number of amides is 5. The maximum Gasteiger partial charge on any atom is 0.410 e. The van der Waals surface area contributed by atoms with Gasteiger partial charge in [-0.15, -0.1) is 0 Å². The number of hydrogen-bond donors (Lipinski definition) is 3. The Hall–Kier alpha value is -4.61. The summed E-state index contributed by atoms with van der Waals surface area (Å²) in [5.74, 6) is -0.758. The molecule has 0 bridgehead atoms. The Bertz CT molecular complexity index is 1560. The normalized spacial score (nSPS) is 19.4. The number of para-hydroxylation sites is 1. The molecule has 0 saturated carbocycles. The van der Waals surface area contributed by atoms with E-state index in [2.05, 4.69) is 15.5 Å². The number of benzene rings is 2. The number of rotatable bonds is 5. The molecular formula is C30H35N7O5. The van der Waals surface area contributed by atoms with E-state index in [9.17, 15) is 19.2 Å². The summed E-state index contributed by atoms with van der Waals surface area (Å²) >= 11 is 0. The quantitative estimate of drug-likeness (QED) is 0.426. The van der Waals surface area contributed by atoms with Crippen molar-refractivity contribution in [1.82, 2.24) is 24.9 Å². The Balaban J connectivity index is 1.17. The molecule has 12 nitrogen and oxygen atoms in total. The predicted molar refractivity (Wildman–Crippen MR) is 154 cm³/mol. The van der Waals surface area contributed by atoms with Crippen molar-refractivity contribution >= 4 is 40.5 Å². The number of primary amides is 1. The summed E-state index contributed by atoms with van der Waals surface area (Å²) in [5.41, 5.74) is 9.87. The molecule has 6 rings (SSSR count). The summed E-state index contributed by atoms with van der Waals surface area (Å²) in [6.45, 7) is 6.10. The van der Waals surface area contributed by atoms with Gasteiger partial charge in [0.15, 0.2) is 11.8 Å². The summed E-state index contributed by atoms with van der Waals surface area (Å²) in [5, 5.41) is 10.5. The van der Waals surface area contributed by atoms with E-state index in [1.807, 2.05) is 49.1 Å². The van der Waals surface area contributed by atoms with Gasteiger partial charge in [-0.25, -0.2) is 9.59 Å². The molecule has 1 aromatic heterocycles. The largest absolute Gasteiger partial charge is 0.436 e. The number of urea groups is 1. The summed E-state index contributed by atoms with van der Waals surface area (Å²) in [6, 6.07) is 11.3. The standard InChI is InChI=1S/C30H35N7O5/c1-17(2)14-36-16-21-18(7-8-23-25(21)26(27(31)38)34-33-23)13-24(28(36)39)42-30(41)35-11-9-20(10-12-35)37-15-19-5-3-4-6-22(19)32-29(37)40/h3-8,17,20,24H,9-16H2,1-2H3,(H2,31,38)(H,32,40)(H,33,34). The lowest BCUT2D eigenvalue weighted by molar-refractivity contribution is -0.141. The molecule has 3 aliphatic rings. The second-order valence-electron chi connectivity index (χ2n) is 11.7. The molecule has 4 heterocycles. The Morgan fingerprint density at radius 3 is 2.57 bits per heavy atom. The van der Waals surface area contributed by atoms with Crippen LogP contribution in [0.2, 0.25) is 0 Å². The van der Waals surface area contributed by atoms with Crippen LogP contribution >= 0.6 is 0 Å². The Labute approximate surface area is 243 Å². The van der Waals surface area contributed by atoms with Crippen LogP contribution in [0.5, 0.6) is 0 Å². The lowest BCUT2D eigenvalue weighted by Crippen LogP contribution is -2.52. The SMILES string of the molecule is CC(C)CN1Cc2c(ccc3[nH]nc(C(N)=O)c23)CC(OC(=O)N2CCC(N3Cc4ccccc4NC3=O)CC2)C1=O. The van der Waals surface area contributed by atoms with Crippen molar-refractivity contribution < 1.29 is 23.9 Å². The predicted octanol–water partition coefficient (Wildman–Crippen LogP) is 3.22. The first-order valence-electron chi connectivity index (χ1n) is 14.4. The Morgan fingerprint density at radius 2 is 1.83 bits per heavy atom. The van der Waals surface area contributed by atoms with Gasteiger partial charge in [0.1, 0.15) is 0 Å². The number of likely N-dealkylation sites (tertiary alicyclic amines) is 1. The molecule has 1 atom stereocenters. The summed E-state index contributed by atoms with van der Waals surface area (Å²) < 4.78 is 5.90. The molecule has 5 amide bonds. The van der Waals surface area contributed by atoms with Crippen molar-refractivity contribution in [1.29, 1.82) is 0 Å². The molecule has 12 heteroatoms. The van der Waals surface area contributed by atoms with E-state index in [0.29, 0.717) is 49.9 Å². The highest BCUT2D eigenvalue weighted by molar-refractivity contribution is 6.05. The van der Waals surface area contributed by atoms with Crippen LogP contribution in [-0.2, 0) is 29.0 Å². The van der Waals surface area contributed by atoms with Crippen LogP contribution in [0, 0.1) is 5.92 Å². The van der Waals surface area contributed by atoms with Crippen molar-refractivity contribution in [3.8, 4) is 0 Å². The average molecular weight is 574 g/mol. The monoisotopic (exact) mass is 573 g/mol. The van der Waals surface area contributed by atoms with E-state index in [1.54, 1.807) is 15.9 Å². The van der Waals surface area contributed by atoms with Gasteiger partial charge in [0.05, 0.1) is 5.52 Å². The number of carbonyl (C=O) groups excluding carboxylic acids is 4. The lowest BCUT2D eigenvalue weighted by Gasteiger charge is -2.40. The van der Waals surface area contributed by atoms with Gasteiger partial charge in [0.2, 0.25) is 0 Å². The topological polar surface area (TPSA) is 154 Å². The van der Waals surface area contributed by atoms with Crippen molar-refractivity contribution in [2.75, 3.05) is 25.0 Å². The molecule has 0 radical (unpaired) electrons. The third-order valence-corrected chi connectivity index (χ3v) is 8.36. The van der Waals surface area contributed by atoms with Crippen LogP contribution in [0.1, 0.15) is 53.9 Å². The van der Waals surface area contributed by atoms with Crippen LogP contribution in [0.15, 0.2) is 36.4 Å². The van der Waals surface area contributed by atoms with Gasteiger partial charge >= 0.3 is 12.1 Å². The molecule has 0 spiro atoms. The van der Waals surface area contributed by atoms with Gasteiger partial charge in [-0.1, -0.05) is 38.1 Å². The zero-order chi connectivity index (χ0) is 29.5. The van der Waals surface area contributed by atoms with Crippen LogP contribution < -0.4 is 11.1 Å². The molecule has 3 aromatic rings.